The van der Waals surface area contributed by atoms with Crippen molar-refractivity contribution in [3.8, 4) is 0 Å². The number of aliphatic hydroxyl groups is 2. The number of fused-ring (bicyclic) bond motifs is 5. The summed E-state index contributed by atoms with van der Waals surface area (Å²) in [5.74, 6) is -0.00593. The smallest absolute Gasteiger partial charge is 0.0882 e. The van der Waals surface area contributed by atoms with Crippen molar-refractivity contribution in [3.63, 3.8) is 0 Å². The summed E-state index contributed by atoms with van der Waals surface area (Å²) in [5, 5.41) is 26.5. The topological polar surface area (TPSA) is 52.5 Å². The second-order valence-corrected chi connectivity index (χ2v) is 6.01. The number of benzene rings is 2. The van der Waals surface area contributed by atoms with Crippen LogP contribution in [0.2, 0.25) is 0 Å². The molecule has 0 amide bonds. The Morgan fingerprint density at radius 1 is 1.00 bits per heavy atom. The molecule has 0 spiro atoms. The highest BCUT2D eigenvalue weighted by Gasteiger charge is 2.42. The van der Waals surface area contributed by atoms with E-state index in [1.807, 2.05) is 12.1 Å². The first-order chi connectivity index (χ1) is 9.75. The Balaban J connectivity index is 0.00000132. The number of nitrogens with one attached hydrogen (secondary N) is 1. The van der Waals surface area contributed by atoms with Gasteiger partial charge in [0.15, 0.2) is 0 Å². The monoisotopic (exact) mass is 305 g/mol. The molecule has 2 aromatic carbocycles. The van der Waals surface area contributed by atoms with Crippen LogP contribution in [0.4, 0.5) is 0 Å². The second-order valence-electron chi connectivity index (χ2n) is 6.01. The minimum atomic E-state index is -0.675. The Kier molecular flexibility index (Phi) is 3.93. The van der Waals surface area contributed by atoms with Crippen LogP contribution in [0.3, 0.4) is 0 Å². The number of hydrogen-bond donors (Lipinski definition) is 3. The maximum Gasteiger partial charge on any atom is 0.0882 e. The lowest BCUT2D eigenvalue weighted by molar-refractivity contribution is -0.0356. The van der Waals surface area contributed by atoms with Crippen LogP contribution < -0.4 is 5.32 Å². The Hall–Kier alpha value is -1.13. The van der Waals surface area contributed by atoms with E-state index in [2.05, 4.69) is 29.6 Å². The third kappa shape index (κ3) is 2.25. The Morgan fingerprint density at radius 2 is 1.81 bits per heavy atom. The maximum atomic E-state index is 10.5. The molecule has 2 aliphatic rings. The Morgan fingerprint density at radius 3 is 2.67 bits per heavy atom. The van der Waals surface area contributed by atoms with E-state index in [1.54, 1.807) is 0 Å². The van der Waals surface area contributed by atoms with E-state index in [9.17, 15) is 10.2 Å². The van der Waals surface area contributed by atoms with E-state index in [1.165, 1.54) is 21.9 Å². The third-order valence-electron chi connectivity index (χ3n) is 4.92. The molecule has 0 radical (unpaired) electrons. The van der Waals surface area contributed by atoms with Gasteiger partial charge in [0, 0.05) is 18.5 Å². The van der Waals surface area contributed by atoms with Crippen LogP contribution in [0.5, 0.6) is 0 Å². The van der Waals surface area contributed by atoms with Crippen LogP contribution >= 0.6 is 12.4 Å². The highest BCUT2D eigenvalue weighted by Crippen LogP contribution is 2.41. The van der Waals surface area contributed by atoms with Gasteiger partial charge >= 0.3 is 0 Å². The lowest BCUT2D eigenvalue weighted by Gasteiger charge is -2.43. The summed E-state index contributed by atoms with van der Waals surface area (Å²) in [6.45, 7) is 0.851. The lowest BCUT2D eigenvalue weighted by Crippen LogP contribution is -2.51. The molecule has 3 nitrogen and oxygen atoms in total. The largest absolute Gasteiger partial charge is 0.390 e. The van der Waals surface area contributed by atoms with Crippen molar-refractivity contribution in [1.29, 1.82) is 0 Å². The predicted octanol–water partition coefficient (Wildman–Crippen LogP) is 2.33. The van der Waals surface area contributed by atoms with E-state index in [0.717, 1.165) is 13.0 Å². The molecular weight excluding hydrogens is 286 g/mol. The number of aliphatic hydroxyl groups excluding tert-OH is 2. The van der Waals surface area contributed by atoms with E-state index in [4.69, 9.17) is 0 Å². The molecule has 0 saturated heterocycles. The summed E-state index contributed by atoms with van der Waals surface area (Å²) in [5.41, 5.74) is 2.48. The zero-order chi connectivity index (χ0) is 13.7. The molecule has 0 unspecified atom stereocenters. The molecule has 1 fully saturated rings. The standard InChI is InChI=1S/C17H19NO2.ClH/c19-14-8-7-13-16(17(14)20)15-11(9-18-13)6-5-10-3-1-2-4-12(10)15;/h1-6,13-14,16-20H,7-9H2;1H/t13-,14-,16+,17-;/m0./s1. The fourth-order valence-electron chi connectivity index (χ4n) is 3.91. The van der Waals surface area contributed by atoms with Crippen LogP contribution in [0.15, 0.2) is 36.4 Å². The van der Waals surface area contributed by atoms with Crippen molar-refractivity contribution in [1.82, 2.24) is 5.32 Å². The van der Waals surface area contributed by atoms with Gasteiger partial charge in [0.05, 0.1) is 12.2 Å². The van der Waals surface area contributed by atoms with Crippen LogP contribution in [0.1, 0.15) is 29.9 Å². The van der Waals surface area contributed by atoms with Crippen LogP contribution in [-0.2, 0) is 6.54 Å². The molecule has 4 rings (SSSR count). The third-order valence-corrected chi connectivity index (χ3v) is 4.92. The SMILES string of the molecule is Cl.O[C@@H]1[C@H]2c3c(ccc4ccccc34)CN[C@H]2CC[C@@H]1O. The second kappa shape index (κ2) is 5.58. The maximum absolute atomic E-state index is 10.5. The fourth-order valence-corrected chi connectivity index (χ4v) is 3.91. The van der Waals surface area contributed by atoms with Crippen molar-refractivity contribution in [2.75, 3.05) is 0 Å². The van der Waals surface area contributed by atoms with Crippen molar-refractivity contribution in [2.45, 2.75) is 43.6 Å². The van der Waals surface area contributed by atoms with Crippen LogP contribution in [-0.4, -0.2) is 28.5 Å². The van der Waals surface area contributed by atoms with Gasteiger partial charge in [0.2, 0.25) is 0 Å². The average molecular weight is 306 g/mol. The van der Waals surface area contributed by atoms with Gasteiger partial charge in [-0.2, -0.15) is 0 Å². The number of hydrogen-bond acceptors (Lipinski definition) is 3. The van der Waals surface area contributed by atoms with Gasteiger partial charge in [0.1, 0.15) is 0 Å². The van der Waals surface area contributed by atoms with Gasteiger partial charge in [-0.25, -0.2) is 0 Å². The molecule has 2 aromatic rings. The molecule has 1 heterocycles. The summed E-state index contributed by atoms with van der Waals surface area (Å²) < 4.78 is 0. The quantitative estimate of drug-likeness (QED) is 0.700. The molecule has 1 saturated carbocycles. The molecule has 112 valence electrons. The summed E-state index contributed by atoms with van der Waals surface area (Å²) in [6.07, 6.45) is 0.315. The molecule has 0 aromatic heterocycles. The first-order valence-electron chi connectivity index (χ1n) is 7.36. The summed E-state index contributed by atoms with van der Waals surface area (Å²) in [6, 6.07) is 12.9. The predicted molar refractivity (Wildman–Crippen MR) is 85.8 cm³/mol. The first-order valence-corrected chi connectivity index (χ1v) is 7.36. The summed E-state index contributed by atoms with van der Waals surface area (Å²) in [7, 11) is 0. The van der Waals surface area contributed by atoms with Crippen molar-refractivity contribution in [2.24, 2.45) is 0 Å². The van der Waals surface area contributed by atoms with E-state index >= 15 is 0 Å². The average Bonchev–Trinajstić information content (AvgIpc) is 2.50. The van der Waals surface area contributed by atoms with Gasteiger partial charge in [-0.05, 0) is 34.7 Å². The highest BCUT2D eigenvalue weighted by molar-refractivity contribution is 5.87. The molecule has 4 heteroatoms. The van der Waals surface area contributed by atoms with Gasteiger partial charge in [-0.15, -0.1) is 12.4 Å². The van der Waals surface area contributed by atoms with Crippen LogP contribution in [0.25, 0.3) is 10.8 Å². The van der Waals surface area contributed by atoms with Gasteiger partial charge in [0.25, 0.3) is 0 Å². The molecular formula is C17H20ClNO2. The molecule has 21 heavy (non-hydrogen) atoms. The molecule has 0 bridgehead atoms. The van der Waals surface area contributed by atoms with Gasteiger partial charge in [-0.1, -0.05) is 36.4 Å². The van der Waals surface area contributed by atoms with Crippen molar-refractivity contribution in [3.05, 3.63) is 47.5 Å². The van der Waals surface area contributed by atoms with Crippen molar-refractivity contribution < 1.29 is 10.2 Å². The Bertz CT molecular complexity index is 660. The Labute approximate surface area is 130 Å². The zero-order valence-corrected chi connectivity index (χ0v) is 12.5. The number of rotatable bonds is 0. The van der Waals surface area contributed by atoms with Gasteiger partial charge < -0.3 is 15.5 Å². The molecule has 1 aliphatic carbocycles. The normalized spacial score (nSPS) is 31.1. The zero-order valence-electron chi connectivity index (χ0n) is 11.7. The number of halogens is 1. The summed E-state index contributed by atoms with van der Waals surface area (Å²) in [4.78, 5) is 0. The first kappa shape index (κ1) is 14.8. The molecule has 3 N–H and O–H groups in total. The van der Waals surface area contributed by atoms with E-state index in [-0.39, 0.29) is 24.4 Å². The van der Waals surface area contributed by atoms with E-state index < -0.39 is 12.2 Å². The summed E-state index contributed by atoms with van der Waals surface area (Å²) >= 11 is 0. The molecule has 4 atom stereocenters. The molecule has 1 aliphatic heterocycles. The van der Waals surface area contributed by atoms with Crippen LogP contribution in [0, 0.1) is 0 Å². The minimum absolute atomic E-state index is 0. The fraction of sp³-hybridized carbons (Fsp3) is 0.412. The minimum Gasteiger partial charge on any atom is -0.390 e. The van der Waals surface area contributed by atoms with E-state index in [0.29, 0.717) is 6.42 Å². The van der Waals surface area contributed by atoms with Gasteiger partial charge in [-0.3, -0.25) is 0 Å². The highest BCUT2D eigenvalue weighted by atomic mass is 35.5. The van der Waals surface area contributed by atoms with Crippen molar-refractivity contribution >= 4 is 23.2 Å². The lowest BCUT2D eigenvalue weighted by atomic mass is 9.71.